The molecule has 1 aromatic heterocycles. The third-order valence-corrected chi connectivity index (χ3v) is 4.22. The molecule has 3 aromatic rings. The molecule has 0 bridgehead atoms. The van der Waals surface area contributed by atoms with Gasteiger partial charge in [0.05, 0.1) is 16.8 Å². The van der Waals surface area contributed by atoms with Crippen LogP contribution in [0.3, 0.4) is 0 Å². The highest BCUT2D eigenvalue weighted by Gasteiger charge is 2.26. The Bertz CT molecular complexity index is 1170. The Morgan fingerprint density at radius 2 is 1.72 bits per heavy atom. The summed E-state index contributed by atoms with van der Waals surface area (Å²) in [6.45, 7) is 0. The first kappa shape index (κ1) is 14.9. The number of rotatable bonds is 2. The number of allylic oxidation sites excluding steroid dienone is 1. The zero-order valence-corrected chi connectivity index (χ0v) is 12.7. The van der Waals surface area contributed by atoms with Crippen LogP contribution in [0.1, 0.15) is 32.0 Å². The average Bonchev–Trinajstić information content (AvgIpc) is 2.85. The number of nitrogens with one attached hydrogen (secondary N) is 1. The summed E-state index contributed by atoms with van der Waals surface area (Å²) < 4.78 is 0. The maximum Gasteiger partial charge on any atom is 0.335 e. The number of benzene rings is 2. The molecule has 1 heterocycles. The van der Waals surface area contributed by atoms with Crippen LogP contribution < -0.4 is 10.5 Å². The second kappa shape index (κ2) is 5.17. The van der Waals surface area contributed by atoms with Crippen molar-refractivity contribution >= 4 is 34.0 Å². The smallest absolute Gasteiger partial charge is 0.335 e. The number of carbonyl (C=O) groups is 2. The van der Waals surface area contributed by atoms with Crippen molar-refractivity contribution in [2.45, 2.75) is 0 Å². The molecule has 122 valence electrons. The van der Waals surface area contributed by atoms with Crippen LogP contribution in [0.4, 0.5) is 0 Å². The lowest BCUT2D eigenvalue weighted by molar-refractivity contribution is -0.242. The van der Waals surface area contributed by atoms with Crippen LogP contribution in [0, 0.1) is 0 Å². The van der Waals surface area contributed by atoms with Gasteiger partial charge in [-0.05, 0) is 23.8 Å². The minimum absolute atomic E-state index is 0.00217. The van der Waals surface area contributed by atoms with Gasteiger partial charge in [0.1, 0.15) is 0 Å². The van der Waals surface area contributed by atoms with Gasteiger partial charge in [0.25, 0.3) is 0 Å². The maximum atomic E-state index is 12.6. The number of aromatic amines is 1. The Hall–Kier alpha value is -3.67. The molecule has 0 fully saturated rings. The van der Waals surface area contributed by atoms with Crippen molar-refractivity contribution in [3.8, 4) is 0 Å². The zero-order chi connectivity index (χ0) is 17.7. The lowest BCUT2D eigenvalue weighted by atomic mass is 10.0. The number of Topliss-reactive ketones (excluding diaryl/α,β-unsaturated/α-hetero) is 1. The molecule has 0 atom stereocenters. The van der Waals surface area contributed by atoms with E-state index in [2.05, 4.69) is 4.98 Å². The van der Waals surface area contributed by atoms with E-state index in [4.69, 9.17) is 5.11 Å². The fraction of sp³-hybridized carbons (Fsp3) is 0. The number of pyridine rings is 1. The number of carbonyl (C=O) groups excluding carboxylic acids is 1. The van der Waals surface area contributed by atoms with Crippen LogP contribution in [0.15, 0.2) is 53.3 Å². The summed E-state index contributed by atoms with van der Waals surface area (Å²) in [5, 5.41) is 21.9. The maximum absolute atomic E-state index is 12.6. The molecular weight excluding hydrogens is 322 g/mol. The molecule has 6 heteroatoms. The number of aromatic nitrogens is 1. The first-order valence-electron chi connectivity index (χ1n) is 7.43. The predicted octanol–water partition coefficient (Wildman–Crippen LogP) is 1.65. The molecule has 0 radical (unpaired) electrons. The van der Waals surface area contributed by atoms with Crippen LogP contribution >= 0.6 is 0 Å². The van der Waals surface area contributed by atoms with Gasteiger partial charge in [-0.3, -0.25) is 9.59 Å². The molecule has 0 unspecified atom stereocenters. The standard InChI is InChI=1S/C19H11NO5/c21-15-8-14(20-13-7-9(19(24)25)5-6-12(13)15)16-17(22)10-3-1-2-4-11(10)18(16)23/h1-8,22H,(H,20,21)(H,24,25)/p-1. The molecule has 25 heavy (non-hydrogen) atoms. The van der Waals surface area contributed by atoms with Gasteiger partial charge in [-0.2, -0.15) is 0 Å². The summed E-state index contributed by atoms with van der Waals surface area (Å²) in [6.07, 6.45) is 0. The van der Waals surface area contributed by atoms with Gasteiger partial charge in [0.15, 0.2) is 11.2 Å². The molecule has 0 spiro atoms. The highest BCUT2D eigenvalue weighted by molar-refractivity contribution is 6.38. The van der Waals surface area contributed by atoms with E-state index in [1.165, 1.54) is 24.3 Å². The monoisotopic (exact) mass is 332 g/mol. The van der Waals surface area contributed by atoms with E-state index in [-0.39, 0.29) is 27.7 Å². The van der Waals surface area contributed by atoms with Crippen LogP contribution in [0.2, 0.25) is 0 Å². The van der Waals surface area contributed by atoms with E-state index in [9.17, 15) is 19.5 Å². The highest BCUT2D eigenvalue weighted by Crippen LogP contribution is 2.34. The van der Waals surface area contributed by atoms with Crippen LogP contribution in [0.25, 0.3) is 22.2 Å². The lowest BCUT2D eigenvalue weighted by Crippen LogP contribution is -2.10. The number of fused-ring (bicyclic) bond motifs is 2. The van der Waals surface area contributed by atoms with E-state index in [1.807, 2.05) is 0 Å². The number of aromatic carboxylic acids is 1. The number of ketones is 1. The van der Waals surface area contributed by atoms with E-state index in [0.717, 1.165) is 0 Å². The quantitative estimate of drug-likeness (QED) is 0.741. The first-order chi connectivity index (χ1) is 12.0. The molecule has 4 rings (SSSR count). The lowest BCUT2D eigenvalue weighted by Gasteiger charge is -2.12. The van der Waals surface area contributed by atoms with Crippen LogP contribution in [-0.2, 0) is 0 Å². The Balaban J connectivity index is 1.97. The summed E-state index contributed by atoms with van der Waals surface area (Å²) in [4.78, 5) is 38.9. The normalized spacial score (nSPS) is 13.4. The Kier molecular flexibility index (Phi) is 3.08. The van der Waals surface area contributed by atoms with Gasteiger partial charge >= 0.3 is 5.97 Å². The van der Waals surface area contributed by atoms with E-state index in [1.54, 1.807) is 24.3 Å². The molecule has 2 aromatic carbocycles. The van der Waals surface area contributed by atoms with E-state index in [0.29, 0.717) is 11.1 Å². The highest BCUT2D eigenvalue weighted by atomic mass is 16.4. The predicted molar refractivity (Wildman–Crippen MR) is 89.1 cm³/mol. The van der Waals surface area contributed by atoms with Crippen molar-refractivity contribution in [1.29, 1.82) is 0 Å². The Morgan fingerprint density at radius 3 is 2.40 bits per heavy atom. The van der Waals surface area contributed by atoms with E-state index < -0.39 is 22.9 Å². The number of H-pyrrole nitrogens is 1. The topological polar surface area (TPSA) is 110 Å². The molecule has 0 saturated heterocycles. The van der Waals surface area contributed by atoms with E-state index >= 15 is 0 Å². The first-order valence-corrected chi connectivity index (χ1v) is 7.43. The second-order valence-corrected chi connectivity index (χ2v) is 5.69. The van der Waals surface area contributed by atoms with Gasteiger partial charge in [-0.1, -0.05) is 30.0 Å². The van der Waals surface area contributed by atoms with Gasteiger partial charge in [-0.25, -0.2) is 4.79 Å². The summed E-state index contributed by atoms with van der Waals surface area (Å²) in [6, 6.07) is 11.7. The van der Waals surface area contributed by atoms with Gasteiger partial charge in [-0.15, -0.1) is 0 Å². The molecule has 1 aliphatic rings. The fourth-order valence-corrected chi connectivity index (χ4v) is 3.02. The average molecular weight is 332 g/mol. The molecular formula is C19H10NO5-. The number of carboxylic acid groups (broad SMARTS) is 1. The van der Waals surface area contributed by atoms with Gasteiger partial charge in [0.2, 0.25) is 0 Å². The van der Waals surface area contributed by atoms with Crippen molar-refractivity contribution in [3.63, 3.8) is 0 Å². The van der Waals surface area contributed by atoms with Crippen LogP contribution in [0.5, 0.6) is 0 Å². The van der Waals surface area contributed by atoms with Crippen molar-refractivity contribution in [2.24, 2.45) is 0 Å². The molecule has 6 nitrogen and oxygen atoms in total. The van der Waals surface area contributed by atoms with Crippen molar-refractivity contribution in [1.82, 2.24) is 4.98 Å². The van der Waals surface area contributed by atoms with Crippen molar-refractivity contribution in [3.05, 3.63) is 81.1 Å². The number of hydrogen-bond donors (Lipinski definition) is 2. The SMILES string of the molecule is O=C(O)c1ccc2c(=O)cc(C3=C([O-])c4ccccc4C3=O)[nH]c2c1. The second-order valence-electron chi connectivity index (χ2n) is 5.69. The molecule has 2 N–H and O–H groups in total. The number of carboxylic acids is 1. The third-order valence-electron chi connectivity index (χ3n) is 4.22. The van der Waals surface area contributed by atoms with Gasteiger partial charge < -0.3 is 15.2 Å². The number of hydrogen-bond acceptors (Lipinski definition) is 4. The molecule has 0 saturated carbocycles. The van der Waals surface area contributed by atoms with Crippen molar-refractivity contribution < 1.29 is 19.8 Å². The van der Waals surface area contributed by atoms with Gasteiger partial charge in [0, 0.05) is 22.6 Å². The third kappa shape index (κ3) is 2.15. The Labute approximate surface area is 140 Å². The summed E-state index contributed by atoms with van der Waals surface area (Å²) in [7, 11) is 0. The summed E-state index contributed by atoms with van der Waals surface area (Å²) in [5.74, 6) is -2.05. The minimum Gasteiger partial charge on any atom is -0.871 e. The van der Waals surface area contributed by atoms with Crippen LogP contribution in [-0.4, -0.2) is 21.8 Å². The minimum atomic E-state index is -1.14. The molecule has 0 aliphatic heterocycles. The summed E-state index contributed by atoms with van der Waals surface area (Å²) >= 11 is 0. The summed E-state index contributed by atoms with van der Waals surface area (Å²) in [5.41, 5.74) is 0.423. The van der Waals surface area contributed by atoms with Crippen molar-refractivity contribution in [2.75, 3.05) is 0 Å². The largest absolute Gasteiger partial charge is 0.871 e. The molecule has 0 amide bonds. The zero-order valence-electron chi connectivity index (χ0n) is 12.7. The fourth-order valence-electron chi connectivity index (χ4n) is 3.02. The molecule has 1 aliphatic carbocycles. The Morgan fingerprint density at radius 1 is 1.00 bits per heavy atom.